The van der Waals surface area contributed by atoms with E-state index in [0.717, 1.165) is 31.5 Å². The smallest absolute Gasteiger partial charge is 0.410 e. The van der Waals surface area contributed by atoms with Crippen LogP contribution in [0.2, 0.25) is 0 Å². The fourth-order valence-corrected chi connectivity index (χ4v) is 4.35. The summed E-state index contributed by atoms with van der Waals surface area (Å²) >= 11 is 0. The number of amides is 1. The summed E-state index contributed by atoms with van der Waals surface area (Å²) < 4.78 is 11.1. The minimum atomic E-state index is -0.317. The predicted octanol–water partition coefficient (Wildman–Crippen LogP) is 3.11. The fourth-order valence-electron chi connectivity index (χ4n) is 4.35. The third kappa shape index (κ3) is 4.22. The topological polar surface area (TPSA) is 72.0 Å². The second-order valence-electron chi connectivity index (χ2n) is 7.82. The van der Waals surface area contributed by atoms with Gasteiger partial charge >= 0.3 is 6.09 Å². The molecule has 2 aliphatic heterocycles. The minimum Gasteiger partial charge on any atom is -0.410 e. The van der Waals surface area contributed by atoms with E-state index >= 15 is 0 Å². The van der Waals surface area contributed by atoms with Gasteiger partial charge in [-0.3, -0.25) is 14.7 Å². The second kappa shape index (κ2) is 8.93. The Labute approximate surface area is 176 Å². The molecule has 0 aliphatic carbocycles. The lowest BCUT2D eigenvalue weighted by Gasteiger charge is -2.49. The summed E-state index contributed by atoms with van der Waals surface area (Å²) in [5, 5.41) is 0. The average Bonchev–Trinajstić information content (AvgIpc) is 2.80. The maximum Gasteiger partial charge on any atom is 0.415 e. The van der Waals surface area contributed by atoms with Crippen molar-refractivity contribution in [1.29, 1.82) is 0 Å². The number of hydrogen-bond donors (Lipinski definition) is 0. The Balaban J connectivity index is 1.48. The van der Waals surface area contributed by atoms with Crippen LogP contribution in [-0.2, 0) is 10.3 Å². The molecule has 1 aromatic heterocycles. The first-order chi connectivity index (χ1) is 14.6. The van der Waals surface area contributed by atoms with Crippen molar-refractivity contribution >= 4 is 11.9 Å². The van der Waals surface area contributed by atoms with Gasteiger partial charge in [-0.1, -0.05) is 18.2 Å². The fraction of sp³-hybridized carbons (Fsp3) is 0.435. The van der Waals surface area contributed by atoms with Crippen molar-refractivity contribution < 1.29 is 19.1 Å². The van der Waals surface area contributed by atoms with Crippen LogP contribution in [0.5, 0.6) is 5.75 Å². The largest absolute Gasteiger partial charge is 0.415 e. The van der Waals surface area contributed by atoms with Crippen molar-refractivity contribution in [3.63, 3.8) is 0 Å². The van der Waals surface area contributed by atoms with Crippen LogP contribution in [0.25, 0.3) is 0 Å². The Morgan fingerprint density at radius 2 is 1.73 bits per heavy atom. The van der Waals surface area contributed by atoms with E-state index in [1.807, 2.05) is 30.5 Å². The maximum atomic E-state index is 12.5. The Bertz CT molecular complexity index is 888. The van der Waals surface area contributed by atoms with Gasteiger partial charge in [-0.05, 0) is 43.5 Å². The molecule has 2 aliphatic rings. The molecule has 2 aromatic rings. The van der Waals surface area contributed by atoms with Crippen LogP contribution in [0.1, 0.15) is 35.7 Å². The molecule has 2 fully saturated rings. The number of para-hydroxylation sites is 1. The van der Waals surface area contributed by atoms with Crippen LogP contribution in [0.3, 0.4) is 0 Å². The number of ketones is 1. The molecule has 0 spiro atoms. The molecule has 0 unspecified atom stereocenters. The first-order valence-electron chi connectivity index (χ1n) is 10.4. The molecule has 30 heavy (non-hydrogen) atoms. The van der Waals surface area contributed by atoms with Crippen molar-refractivity contribution in [1.82, 2.24) is 14.8 Å². The minimum absolute atomic E-state index is 0.0139. The molecule has 7 heteroatoms. The number of aromatic nitrogens is 1. The quantitative estimate of drug-likeness (QED) is 0.723. The number of nitrogens with zero attached hydrogens (tertiary/aromatic N) is 3. The zero-order valence-electron chi connectivity index (χ0n) is 17.3. The summed E-state index contributed by atoms with van der Waals surface area (Å²) in [5.41, 5.74) is 1.45. The summed E-state index contributed by atoms with van der Waals surface area (Å²) in [6, 6.07) is 11.1. The van der Waals surface area contributed by atoms with Gasteiger partial charge in [-0.15, -0.1) is 0 Å². The molecule has 7 nitrogen and oxygen atoms in total. The first kappa shape index (κ1) is 20.5. The number of Topliss-reactive ketones (excluding diaryl/α,β-unsaturated/α-hetero) is 1. The van der Waals surface area contributed by atoms with Crippen LogP contribution in [0.15, 0.2) is 48.8 Å². The Morgan fingerprint density at radius 3 is 2.40 bits per heavy atom. The second-order valence-corrected chi connectivity index (χ2v) is 7.82. The van der Waals surface area contributed by atoms with Crippen LogP contribution in [-0.4, -0.2) is 66.1 Å². The molecule has 0 atom stereocenters. The van der Waals surface area contributed by atoms with Crippen molar-refractivity contribution in [2.45, 2.75) is 25.3 Å². The zero-order valence-corrected chi connectivity index (χ0v) is 17.3. The Kier molecular flexibility index (Phi) is 6.11. The number of rotatable bonds is 4. The van der Waals surface area contributed by atoms with Crippen molar-refractivity contribution in [2.75, 3.05) is 39.4 Å². The molecule has 2 saturated heterocycles. The number of benzene rings is 1. The highest BCUT2D eigenvalue weighted by Gasteiger charge is 2.42. The summed E-state index contributed by atoms with van der Waals surface area (Å²) in [7, 11) is 0. The third-order valence-corrected chi connectivity index (χ3v) is 6.09. The van der Waals surface area contributed by atoms with Crippen LogP contribution in [0.4, 0.5) is 4.79 Å². The Hall–Kier alpha value is -2.77. The molecule has 1 aromatic carbocycles. The van der Waals surface area contributed by atoms with Gasteiger partial charge in [0.2, 0.25) is 0 Å². The molecular formula is C23H27N3O4. The third-order valence-electron chi connectivity index (χ3n) is 6.09. The van der Waals surface area contributed by atoms with Gasteiger partial charge in [0, 0.05) is 57.3 Å². The summed E-state index contributed by atoms with van der Waals surface area (Å²) in [4.78, 5) is 32.9. The number of pyridine rings is 1. The molecule has 4 rings (SSSR count). The van der Waals surface area contributed by atoms with E-state index in [1.54, 1.807) is 30.2 Å². The van der Waals surface area contributed by atoms with E-state index in [4.69, 9.17) is 9.47 Å². The van der Waals surface area contributed by atoms with Gasteiger partial charge in [-0.25, -0.2) is 4.79 Å². The van der Waals surface area contributed by atoms with Gasteiger partial charge in [0.05, 0.1) is 5.54 Å². The normalized spacial score (nSPS) is 19.3. The predicted molar refractivity (Wildman–Crippen MR) is 112 cm³/mol. The van der Waals surface area contributed by atoms with Gasteiger partial charge in [0.1, 0.15) is 5.75 Å². The van der Waals surface area contributed by atoms with E-state index in [9.17, 15) is 9.59 Å². The molecule has 0 bridgehead atoms. The van der Waals surface area contributed by atoms with Gasteiger partial charge in [-0.2, -0.15) is 0 Å². The summed E-state index contributed by atoms with van der Waals surface area (Å²) in [6.45, 7) is 5.54. The number of carbonyl (C=O) groups is 2. The summed E-state index contributed by atoms with van der Waals surface area (Å²) in [5.74, 6) is 0.568. The average molecular weight is 409 g/mol. The number of ether oxygens (including phenoxy) is 2. The van der Waals surface area contributed by atoms with Gasteiger partial charge < -0.3 is 14.4 Å². The molecule has 0 saturated carbocycles. The maximum absolute atomic E-state index is 12.5. The molecule has 0 N–H and O–H groups in total. The van der Waals surface area contributed by atoms with Crippen LogP contribution in [0, 0.1) is 0 Å². The van der Waals surface area contributed by atoms with Crippen molar-refractivity contribution in [3.05, 3.63) is 59.9 Å². The van der Waals surface area contributed by atoms with E-state index in [2.05, 4.69) is 9.88 Å². The van der Waals surface area contributed by atoms with E-state index < -0.39 is 0 Å². The van der Waals surface area contributed by atoms with Crippen LogP contribution < -0.4 is 4.74 Å². The van der Waals surface area contributed by atoms with Gasteiger partial charge in [0.15, 0.2) is 5.78 Å². The van der Waals surface area contributed by atoms with E-state index in [0.29, 0.717) is 37.6 Å². The van der Waals surface area contributed by atoms with Crippen LogP contribution >= 0.6 is 0 Å². The van der Waals surface area contributed by atoms with Crippen molar-refractivity contribution in [2.24, 2.45) is 0 Å². The van der Waals surface area contributed by atoms with E-state index in [-0.39, 0.29) is 17.4 Å². The number of carbonyl (C=O) groups excluding carboxylic acids is 2. The zero-order chi connectivity index (χ0) is 21.0. The highest BCUT2D eigenvalue weighted by atomic mass is 16.6. The summed E-state index contributed by atoms with van der Waals surface area (Å²) in [6.07, 6.45) is 4.85. The number of hydrogen-bond acceptors (Lipinski definition) is 6. The first-order valence-corrected chi connectivity index (χ1v) is 10.4. The highest BCUT2D eigenvalue weighted by molar-refractivity contribution is 5.93. The number of piperazine rings is 1. The molecule has 1 amide bonds. The van der Waals surface area contributed by atoms with E-state index in [1.165, 1.54) is 0 Å². The lowest BCUT2D eigenvalue weighted by Crippen LogP contribution is -2.58. The Morgan fingerprint density at radius 1 is 1.03 bits per heavy atom. The lowest BCUT2D eigenvalue weighted by atomic mass is 9.80. The SMILES string of the molecule is CC(=O)c1cncc(C2(N3CCN(C(=O)Oc4ccccc4)CC3)CCOCC2)c1. The highest BCUT2D eigenvalue weighted by Crippen LogP contribution is 2.39. The molecular weight excluding hydrogens is 382 g/mol. The monoisotopic (exact) mass is 409 g/mol. The molecule has 0 radical (unpaired) electrons. The lowest BCUT2D eigenvalue weighted by molar-refractivity contribution is -0.0485. The standard InChI is InChI=1S/C23H27N3O4/c1-18(27)19-15-20(17-24-16-19)23(7-13-29-14-8-23)26-11-9-25(10-12-26)22(28)30-21-5-3-2-4-6-21/h2-6,15-17H,7-14H2,1H3. The van der Waals surface area contributed by atoms with Gasteiger partial charge in [0.25, 0.3) is 0 Å². The molecule has 158 valence electrons. The molecule has 3 heterocycles. The van der Waals surface area contributed by atoms with Crippen molar-refractivity contribution in [3.8, 4) is 5.75 Å².